The van der Waals surface area contributed by atoms with Crippen molar-refractivity contribution in [3.8, 4) is 0 Å². The minimum Gasteiger partial charge on any atom is -0.405 e. The molecule has 0 spiro atoms. The van der Waals surface area contributed by atoms with Crippen molar-refractivity contribution in [2.24, 2.45) is 11.5 Å². The maximum absolute atomic E-state index is 5.90. The van der Waals surface area contributed by atoms with E-state index in [0.717, 1.165) is 18.5 Å². The summed E-state index contributed by atoms with van der Waals surface area (Å²) < 4.78 is 0. The van der Waals surface area contributed by atoms with Crippen LogP contribution in [-0.4, -0.2) is 0 Å². The van der Waals surface area contributed by atoms with Gasteiger partial charge in [-0.25, -0.2) is 0 Å². The number of nitrogens with two attached hydrogens (primary N) is 2. The Morgan fingerprint density at radius 1 is 1.29 bits per heavy atom. The highest BCUT2D eigenvalue weighted by Gasteiger charge is 2.10. The molecule has 0 aromatic heterocycles. The fourth-order valence-electron chi connectivity index (χ4n) is 1.75. The summed E-state index contributed by atoms with van der Waals surface area (Å²) in [5, 5.41) is 0. The summed E-state index contributed by atoms with van der Waals surface area (Å²) in [7, 11) is 0. The van der Waals surface area contributed by atoms with Gasteiger partial charge in [-0.3, -0.25) is 0 Å². The van der Waals surface area contributed by atoms with E-state index in [1.807, 2.05) is 26.0 Å². The van der Waals surface area contributed by atoms with Gasteiger partial charge < -0.3 is 11.5 Å². The van der Waals surface area contributed by atoms with Crippen molar-refractivity contribution >= 4 is 11.8 Å². The van der Waals surface area contributed by atoms with Gasteiger partial charge in [0.2, 0.25) is 0 Å². The van der Waals surface area contributed by atoms with Gasteiger partial charge in [0, 0.05) is 15.5 Å². The Morgan fingerprint density at radius 3 is 2.52 bits per heavy atom. The first-order valence-corrected chi connectivity index (χ1v) is 7.92. The average molecular weight is 300 g/mol. The lowest BCUT2D eigenvalue weighted by atomic mass is 10.1. The van der Waals surface area contributed by atoms with E-state index in [-0.39, 0.29) is 0 Å². The normalized spacial score (nSPS) is 16.2. The molecule has 0 saturated carbocycles. The van der Waals surface area contributed by atoms with Crippen LogP contribution in [0.3, 0.4) is 0 Å². The third-order valence-electron chi connectivity index (χ3n) is 2.82. The molecule has 3 heteroatoms. The molecule has 2 nitrogen and oxygen atoms in total. The predicted molar refractivity (Wildman–Crippen MR) is 94.6 cm³/mol. The number of hydrogen-bond donors (Lipinski definition) is 2. The molecule has 0 unspecified atom stereocenters. The first kappa shape index (κ1) is 17.2. The van der Waals surface area contributed by atoms with Gasteiger partial charge in [0.05, 0.1) is 0 Å². The summed E-state index contributed by atoms with van der Waals surface area (Å²) in [5.74, 6) is 0. The molecule has 4 N–H and O–H groups in total. The van der Waals surface area contributed by atoms with Crippen molar-refractivity contribution in [2.75, 3.05) is 0 Å². The number of rotatable bonds is 3. The van der Waals surface area contributed by atoms with E-state index >= 15 is 0 Å². The van der Waals surface area contributed by atoms with Gasteiger partial charge in [-0.1, -0.05) is 55.1 Å². The third kappa shape index (κ3) is 6.41. The molecule has 0 amide bonds. The second kappa shape index (κ2) is 9.94. The van der Waals surface area contributed by atoms with Crippen molar-refractivity contribution in [3.63, 3.8) is 0 Å². The smallest absolute Gasteiger partial charge is 0.0174 e. The standard InChI is InChI=1S/C14H15NS.C4H9N/c1-11(15)13-9-5-6-10-14(13)16-12-7-3-2-4-8-12;1-2-3-4-5/h2-8,10H,9,15H2,1H3;3-4H,2,5H2,1H3/b13-11-;4-3+. The molecule has 2 rings (SSSR count). The molecule has 0 radical (unpaired) electrons. The lowest BCUT2D eigenvalue weighted by Gasteiger charge is -2.14. The second-order valence-electron chi connectivity index (χ2n) is 4.58. The van der Waals surface area contributed by atoms with Crippen LogP contribution in [0.1, 0.15) is 26.7 Å². The topological polar surface area (TPSA) is 52.0 Å². The number of benzene rings is 1. The molecule has 1 aromatic carbocycles. The Bertz CT molecular complexity index is 536. The van der Waals surface area contributed by atoms with Crippen LogP contribution in [-0.2, 0) is 0 Å². The molecule has 112 valence electrons. The number of thioether (sulfide) groups is 1. The first-order valence-electron chi connectivity index (χ1n) is 7.11. The van der Waals surface area contributed by atoms with Crippen LogP contribution >= 0.6 is 11.8 Å². The van der Waals surface area contributed by atoms with E-state index in [1.54, 1.807) is 18.0 Å². The summed E-state index contributed by atoms with van der Waals surface area (Å²) >= 11 is 1.77. The zero-order valence-corrected chi connectivity index (χ0v) is 13.6. The molecule has 1 aliphatic rings. The van der Waals surface area contributed by atoms with Crippen molar-refractivity contribution < 1.29 is 0 Å². The van der Waals surface area contributed by atoms with Gasteiger partial charge in [-0.2, -0.15) is 0 Å². The first-order chi connectivity index (χ1) is 10.2. The van der Waals surface area contributed by atoms with E-state index in [2.05, 4.69) is 42.5 Å². The van der Waals surface area contributed by atoms with Crippen molar-refractivity contribution in [2.45, 2.75) is 31.6 Å². The second-order valence-corrected chi connectivity index (χ2v) is 5.69. The SMILES string of the molecule is C/C(N)=C1\CC=CC=C1Sc1ccccc1.CC/C=C/N. The summed E-state index contributed by atoms with van der Waals surface area (Å²) in [6, 6.07) is 10.4. The van der Waals surface area contributed by atoms with E-state index in [1.165, 1.54) is 15.4 Å². The molecule has 0 heterocycles. The Labute approximate surface area is 132 Å². The quantitative estimate of drug-likeness (QED) is 0.849. The predicted octanol–water partition coefficient (Wildman–Crippen LogP) is 4.72. The number of hydrogen-bond acceptors (Lipinski definition) is 3. The van der Waals surface area contributed by atoms with E-state index < -0.39 is 0 Å². The third-order valence-corrected chi connectivity index (χ3v) is 3.93. The van der Waals surface area contributed by atoms with E-state index in [9.17, 15) is 0 Å². The Balaban J connectivity index is 0.000000383. The fourth-order valence-corrected chi connectivity index (χ4v) is 2.81. The summed E-state index contributed by atoms with van der Waals surface area (Å²) in [4.78, 5) is 2.51. The lowest BCUT2D eigenvalue weighted by molar-refractivity contribution is 1.14. The molecular formula is C18H24N2S. The van der Waals surface area contributed by atoms with E-state index in [0.29, 0.717) is 0 Å². The Kier molecular flexibility index (Phi) is 8.14. The Morgan fingerprint density at radius 2 is 2.00 bits per heavy atom. The van der Waals surface area contributed by atoms with Gasteiger partial charge in [0.1, 0.15) is 0 Å². The fraction of sp³-hybridized carbons (Fsp3) is 0.222. The zero-order chi connectivity index (χ0) is 15.5. The molecular weight excluding hydrogens is 276 g/mol. The monoisotopic (exact) mass is 300 g/mol. The van der Waals surface area contributed by atoms with Gasteiger partial charge >= 0.3 is 0 Å². The van der Waals surface area contributed by atoms with Gasteiger partial charge in [0.25, 0.3) is 0 Å². The van der Waals surface area contributed by atoms with Gasteiger partial charge in [-0.15, -0.1) is 0 Å². The molecule has 0 bridgehead atoms. The average Bonchev–Trinajstić information content (AvgIpc) is 2.50. The van der Waals surface area contributed by atoms with Crippen LogP contribution in [0.15, 0.2) is 81.9 Å². The van der Waals surface area contributed by atoms with Crippen LogP contribution in [0.2, 0.25) is 0 Å². The highest BCUT2D eigenvalue weighted by Crippen LogP contribution is 2.35. The zero-order valence-electron chi connectivity index (χ0n) is 12.8. The minimum atomic E-state index is 0.916. The maximum Gasteiger partial charge on any atom is 0.0174 e. The number of allylic oxidation sites excluding steroid dienone is 6. The highest BCUT2D eigenvalue weighted by atomic mass is 32.2. The summed E-state index contributed by atoms with van der Waals surface area (Å²) in [6.45, 7) is 4.01. The molecule has 1 aliphatic carbocycles. The molecule has 0 aliphatic heterocycles. The van der Waals surface area contributed by atoms with Crippen LogP contribution in [0.5, 0.6) is 0 Å². The minimum absolute atomic E-state index is 0.916. The molecule has 0 saturated heterocycles. The highest BCUT2D eigenvalue weighted by molar-refractivity contribution is 8.03. The van der Waals surface area contributed by atoms with Crippen molar-refractivity contribution in [1.82, 2.24) is 0 Å². The summed E-state index contributed by atoms with van der Waals surface area (Å²) in [6.07, 6.45) is 11.8. The van der Waals surface area contributed by atoms with E-state index in [4.69, 9.17) is 11.5 Å². The lowest BCUT2D eigenvalue weighted by Crippen LogP contribution is -2.01. The molecule has 0 fully saturated rings. The largest absolute Gasteiger partial charge is 0.405 e. The molecule has 0 atom stereocenters. The molecule has 1 aromatic rings. The van der Waals surface area contributed by atoms with Crippen molar-refractivity contribution in [1.29, 1.82) is 0 Å². The van der Waals surface area contributed by atoms with Crippen LogP contribution in [0, 0.1) is 0 Å². The van der Waals surface area contributed by atoms with Gasteiger partial charge in [-0.05, 0) is 49.7 Å². The Hall–Kier alpha value is -1.87. The maximum atomic E-state index is 5.90. The van der Waals surface area contributed by atoms with Gasteiger partial charge in [0.15, 0.2) is 0 Å². The summed E-state index contributed by atoms with van der Waals surface area (Å²) in [5.41, 5.74) is 13.0. The van der Waals surface area contributed by atoms with Crippen LogP contribution < -0.4 is 11.5 Å². The molecule has 21 heavy (non-hydrogen) atoms. The van der Waals surface area contributed by atoms with Crippen molar-refractivity contribution in [3.05, 3.63) is 77.0 Å². The van der Waals surface area contributed by atoms with Crippen LogP contribution in [0.4, 0.5) is 0 Å². The van der Waals surface area contributed by atoms with Crippen LogP contribution in [0.25, 0.3) is 0 Å².